The van der Waals surface area contributed by atoms with Crippen LogP contribution in [0, 0.1) is 6.92 Å². The first-order chi connectivity index (χ1) is 9.29. The van der Waals surface area contributed by atoms with Crippen LogP contribution in [0.4, 0.5) is 0 Å². The predicted octanol–water partition coefficient (Wildman–Crippen LogP) is 2.28. The lowest BCUT2D eigenvalue weighted by molar-refractivity contribution is 0.338. The summed E-state index contributed by atoms with van der Waals surface area (Å²) in [7, 11) is 0. The van der Waals surface area contributed by atoms with Gasteiger partial charge in [-0.3, -0.25) is 0 Å². The van der Waals surface area contributed by atoms with Crippen molar-refractivity contribution in [2.75, 3.05) is 26.2 Å². The number of nitrogens with one attached hydrogen (secondary N) is 2. The van der Waals surface area contributed by atoms with Gasteiger partial charge in [0.15, 0.2) is 0 Å². The Kier molecular flexibility index (Phi) is 5.67. The minimum atomic E-state index is 0.732. The van der Waals surface area contributed by atoms with Crippen molar-refractivity contribution in [3.05, 3.63) is 29.3 Å². The van der Waals surface area contributed by atoms with Gasteiger partial charge in [0.1, 0.15) is 5.75 Å². The van der Waals surface area contributed by atoms with Crippen LogP contribution in [-0.2, 0) is 6.42 Å². The second-order valence-electron chi connectivity index (χ2n) is 5.26. The molecule has 1 fully saturated rings. The van der Waals surface area contributed by atoms with E-state index in [0.29, 0.717) is 0 Å². The van der Waals surface area contributed by atoms with Crippen molar-refractivity contribution in [2.24, 2.45) is 0 Å². The fourth-order valence-electron chi connectivity index (χ4n) is 2.19. The van der Waals surface area contributed by atoms with Crippen LogP contribution in [0.5, 0.6) is 5.75 Å². The maximum Gasteiger partial charge on any atom is 0.122 e. The Bertz CT molecular complexity index is 388. The van der Waals surface area contributed by atoms with Gasteiger partial charge in [-0.05, 0) is 56.8 Å². The number of benzene rings is 1. The van der Waals surface area contributed by atoms with Crippen molar-refractivity contribution < 1.29 is 4.74 Å². The fraction of sp³-hybridized carbons (Fsp3) is 0.625. The van der Waals surface area contributed by atoms with E-state index in [1.165, 1.54) is 24.0 Å². The average Bonchev–Trinajstić information content (AvgIpc) is 3.21. The van der Waals surface area contributed by atoms with E-state index in [1.54, 1.807) is 0 Å². The van der Waals surface area contributed by atoms with Crippen molar-refractivity contribution in [1.82, 2.24) is 10.6 Å². The van der Waals surface area contributed by atoms with E-state index in [1.807, 2.05) is 6.92 Å². The third-order valence-electron chi connectivity index (χ3n) is 3.44. The molecule has 1 aliphatic rings. The van der Waals surface area contributed by atoms with E-state index in [2.05, 4.69) is 35.8 Å². The van der Waals surface area contributed by atoms with E-state index >= 15 is 0 Å². The average molecular weight is 262 g/mol. The Morgan fingerprint density at radius 1 is 1.21 bits per heavy atom. The molecule has 0 amide bonds. The zero-order chi connectivity index (χ0) is 13.5. The van der Waals surface area contributed by atoms with Gasteiger partial charge >= 0.3 is 0 Å². The van der Waals surface area contributed by atoms with Crippen LogP contribution in [0.3, 0.4) is 0 Å². The van der Waals surface area contributed by atoms with Crippen molar-refractivity contribution in [1.29, 1.82) is 0 Å². The van der Waals surface area contributed by atoms with Gasteiger partial charge in [0.25, 0.3) is 0 Å². The highest BCUT2D eigenvalue weighted by molar-refractivity contribution is 5.36. The van der Waals surface area contributed by atoms with Crippen LogP contribution in [0.2, 0.25) is 0 Å². The molecule has 0 bridgehead atoms. The lowest BCUT2D eigenvalue weighted by atomic mass is 10.1. The fourth-order valence-corrected chi connectivity index (χ4v) is 2.19. The molecule has 0 radical (unpaired) electrons. The first-order valence-corrected chi connectivity index (χ1v) is 7.46. The molecule has 106 valence electrons. The van der Waals surface area contributed by atoms with Crippen molar-refractivity contribution in [3.8, 4) is 5.75 Å². The molecule has 2 rings (SSSR count). The second-order valence-corrected chi connectivity index (χ2v) is 5.26. The van der Waals surface area contributed by atoms with Gasteiger partial charge in [-0.2, -0.15) is 0 Å². The highest BCUT2D eigenvalue weighted by Gasteiger charge is 2.19. The zero-order valence-electron chi connectivity index (χ0n) is 12.2. The number of ether oxygens (including phenoxy) is 1. The molecule has 0 unspecified atom stereocenters. The highest BCUT2D eigenvalue weighted by atomic mass is 16.5. The largest absolute Gasteiger partial charge is 0.494 e. The van der Waals surface area contributed by atoms with Crippen molar-refractivity contribution in [3.63, 3.8) is 0 Å². The summed E-state index contributed by atoms with van der Waals surface area (Å²) >= 11 is 0. The number of rotatable bonds is 9. The summed E-state index contributed by atoms with van der Waals surface area (Å²) in [5.74, 6) is 1.01. The van der Waals surface area contributed by atoms with Crippen LogP contribution in [0.15, 0.2) is 18.2 Å². The Labute approximate surface area is 116 Å². The van der Waals surface area contributed by atoms with Gasteiger partial charge in [-0.1, -0.05) is 12.1 Å². The molecule has 0 spiro atoms. The Hall–Kier alpha value is -1.06. The Morgan fingerprint density at radius 3 is 2.74 bits per heavy atom. The smallest absolute Gasteiger partial charge is 0.122 e. The summed E-state index contributed by atoms with van der Waals surface area (Å²) in [4.78, 5) is 0. The molecule has 19 heavy (non-hydrogen) atoms. The molecule has 2 N–H and O–H groups in total. The summed E-state index contributed by atoms with van der Waals surface area (Å²) in [5.41, 5.74) is 2.61. The second kappa shape index (κ2) is 7.51. The molecule has 1 aliphatic carbocycles. The van der Waals surface area contributed by atoms with Crippen molar-refractivity contribution in [2.45, 2.75) is 39.2 Å². The van der Waals surface area contributed by atoms with Crippen LogP contribution < -0.4 is 15.4 Å². The maximum absolute atomic E-state index is 5.55. The van der Waals surface area contributed by atoms with Crippen LogP contribution >= 0.6 is 0 Å². The first-order valence-electron chi connectivity index (χ1n) is 7.46. The summed E-state index contributed by atoms with van der Waals surface area (Å²) < 4.78 is 5.55. The topological polar surface area (TPSA) is 33.3 Å². The number of hydrogen-bond donors (Lipinski definition) is 2. The first kappa shape index (κ1) is 14.4. The summed E-state index contributed by atoms with van der Waals surface area (Å²) in [6.07, 6.45) is 3.81. The quantitative estimate of drug-likeness (QED) is 0.670. The Morgan fingerprint density at radius 2 is 2.05 bits per heavy atom. The lowest BCUT2D eigenvalue weighted by Crippen LogP contribution is -2.29. The van der Waals surface area contributed by atoms with E-state index in [4.69, 9.17) is 4.74 Å². The molecule has 1 aromatic rings. The molecule has 0 saturated heterocycles. The van der Waals surface area contributed by atoms with E-state index in [0.717, 1.165) is 44.5 Å². The standard InChI is InChI=1S/C16H26N2O/c1-3-19-16-7-4-14(12-13(16)2)8-9-17-10-11-18-15-5-6-15/h4,7,12,15,17-18H,3,5-6,8-11H2,1-2H3. The molecule has 0 aliphatic heterocycles. The Balaban J connectivity index is 1.62. The minimum absolute atomic E-state index is 0.732. The van der Waals surface area contributed by atoms with Crippen LogP contribution in [0.1, 0.15) is 30.9 Å². The van der Waals surface area contributed by atoms with Crippen LogP contribution in [0.25, 0.3) is 0 Å². The maximum atomic E-state index is 5.55. The number of aryl methyl sites for hydroxylation is 1. The summed E-state index contributed by atoms with van der Waals surface area (Å²) in [6.45, 7) is 8.06. The molecule has 0 aromatic heterocycles. The van der Waals surface area contributed by atoms with Crippen LogP contribution in [-0.4, -0.2) is 32.3 Å². The zero-order valence-corrected chi connectivity index (χ0v) is 12.2. The van der Waals surface area contributed by atoms with Gasteiger partial charge in [0.05, 0.1) is 6.61 Å². The SMILES string of the molecule is CCOc1ccc(CCNCCNC2CC2)cc1C. The molecule has 1 aromatic carbocycles. The molecule has 0 atom stereocenters. The summed E-state index contributed by atoms with van der Waals surface area (Å²) in [5, 5.41) is 6.99. The van der Waals surface area contributed by atoms with Gasteiger partial charge in [0, 0.05) is 19.1 Å². The van der Waals surface area contributed by atoms with E-state index in [-0.39, 0.29) is 0 Å². The van der Waals surface area contributed by atoms with E-state index < -0.39 is 0 Å². The van der Waals surface area contributed by atoms with Gasteiger partial charge in [-0.15, -0.1) is 0 Å². The third-order valence-corrected chi connectivity index (χ3v) is 3.44. The molecule has 3 nitrogen and oxygen atoms in total. The molecule has 0 heterocycles. The highest BCUT2D eigenvalue weighted by Crippen LogP contribution is 2.19. The summed E-state index contributed by atoms with van der Waals surface area (Å²) in [6, 6.07) is 7.30. The predicted molar refractivity (Wildman–Crippen MR) is 79.9 cm³/mol. The number of hydrogen-bond acceptors (Lipinski definition) is 3. The van der Waals surface area contributed by atoms with Gasteiger partial charge < -0.3 is 15.4 Å². The van der Waals surface area contributed by atoms with E-state index in [9.17, 15) is 0 Å². The molecule has 1 saturated carbocycles. The van der Waals surface area contributed by atoms with Gasteiger partial charge in [-0.25, -0.2) is 0 Å². The van der Waals surface area contributed by atoms with Gasteiger partial charge in [0.2, 0.25) is 0 Å². The lowest BCUT2D eigenvalue weighted by Gasteiger charge is -2.10. The normalized spacial score (nSPS) is 14.6. The monoisotopic (exact) mass is 262 g/mol. The molecular formula is C16H26N2O. The third kappa shape index (κ3) is 5.21. The molecule has 3 heteroatoms. The van der Waals surface area contributed by atoms with Crippen molar-refractivity contribution >= 4 is 0 Å². The molecular weight excluding hydrogens is 236 g/mol. The minimum Gasteiger partial charge on any atom is -0.494 e.